The molecule has 0 bridgehead atoms. The molecule has 0 radical (unpaired) electrons. The number of hydrogen-bond acceptors (Lipinski definition) is 0. The fourth-order valence-electron chi connectivity index (χ4n) is 2.18. The van der Waals surface area contributed by atoms with Gasteiger partial charge in [0.1, 0.15) is 5.82 Å². The third-order valence-corrected chi connectivity index (χ3v) is 3.18. The minimum atomic E-state index is -0.172. The van der Waals surface area contributed by atoms with Gasteiger partial charge in [-0.3, -0.25) is 0 Å². The molecular weight excluding hydrogens is 211 g/mol. The lowest BCUT2D eigenvalue weighted by molar-refractivity contribution is 0.627. The van der Waals surface area contributed by atoms with Crippen molar-refractivity contribution in [3.8, 4) is 11.1 Å². The van der Waals surface area contributed by atoms with E-state index in [1.54, 1.807) is 6.07 Å². The zero-order valence-electron chi connectivity index (χ0n) is 10.5. The van der Waals surface area contributed by atoms with Gasteiger partial charge < -0.3 is 0 Å². The average Bonchev–Trinajstić information content (AvgIpc) is 2.30. The predicted molar refractivity (Wildman–Crippen MR) is 70.7 cm³/mol. The molecule has 0 aliphatic heterocycles. The second-order valence-electron chi connectivity index (χ2n) is 4.46. The van der Waals surface area contributed by atoms with Gasteiger partial charge >= 0.3 is 0 Å². The largest absolute Gasteiger partial charge is 0.207 e. The van der Waals surface area contributed by atoms with Crippen LogP contribution in [-0.2, 0) is 6.42 Å². The molecule has 17 heavy (non-hydrogen) atoms. The first-order valence-corrected chi connectivity index (χ1v) is 5.98. The van der Waals surface area contributed by atoms with Gasteiger partial charge in [-0.1, -0.05) is 31.2 Å². The molecule has 2 aromatic rings. The van der Waals surface area contributed by atoms with Crippen LogP contribution in [0.4, 0.5) is 4.39 Å². The summed E-state index contributed by atoms with van der Waals surface area (Å²) in [7, 11) is 0. The van der Waals surface area contributed by atoms with E-state index in [1.165, 1.54) is 22.8 Å². The van der Waals surface area contributed by atoms with E-state index in [0.29, 0.717) is 0 Å². The average molecular weight is 228 g/mol. The molecule has 0 aromatic heterocycles. The molecule has 1 heteroatoms. The van der Waals surface area contributed by atoms with Crippen molar-refractivity contribution in [2.75, 3.05) is 0 Å². The minimum absolute atomic E-state index is 0.172. The van der Waals surface area contributed by atoms with E-state index in [-0.39, 0.29) is 5.82 Å². The fraction of sp³-hybridized carbons (Fsp3) is 0.250. The third kappa shape index (κ3) is 2.38. The van der Waals surface area contributed by atoms with E-state index in [1.807, 2.05) is 13.0 Å². The number of aryl methyl sites for hydroxylation is 3. The summed E-state index contributed by atoms with van der Waals surface area (Å²) < 4.78 is 13.1. The lowest BCUT2D eigenvalue weighted by Gasteiger charge is -2.10. The van der Waals surface area contributed by atoms with Crippen molar-refractivity contribution in [2.24, 2.45) is 0 Å². The first-order chi connectivity index (χ1) is 8.11. The van der Waals surface area contributed by atoms with Crippen LogP contribution in [0.3, 0.4) is 0 Å². The molecule has 0 fully saturated rings. The first kappa shape index (κ1) is 11.8. The van der Waals surface area contributed by atoms with Crippen LogP contribution in [0, 0.1) is 19.7 Å². The Morgan fingerprint density at radius 1 is 0.882 bits per heavy atom. The smallest absolute Gasteiger partial charge is 0.123 e. The summed E-state index contributed by atoms with van der Waals surface area (Å²) in [5, 5.41) is 0. The molecule has 0 spiro atoms. The molecular formula is C16H17F. The Bertz CT molecular complexity index is 541. The van der Waals surface area contributed by atoms with Crippen LogP contribution in [0.2, 0.25) is 0 Å². The van der Waals surface area contributed by atoms with Crippen molar-refractivity contribution in [3.05, 3.63) is 58.9 Å². The summed E-state index contributed by atoms with van der Waals surface area (Å²) in [6, 6.07) is 11.5. The van der Waals surface area contributed by atoms with Gasteiger partial charge in [-0.2, -0.15) is 0 Å². The summed E-state index contributed by atoms with van der Waals surface area (Å²) in [4.78, 5) is 0. The Morgan fingerprint density at radius 2 is 1.47 bits per heavy atom. The van der Waals surface area contributed by atoms with Crippen molar-refractivity contribution in [1.29, 1.82) is 0 Å². The molecule has 0 saturated heterocycles. The van der Waals surface area contributed by atoms with Gasteiger partial charge in [-0.05, 0) is 60.2 Å². The Balaban J connectivity index is 2.53. The fourth-order valence-corrected chi connectivity index (χ4v) is 2.18. The lowest BCUT2D eigenvalue weighted by atomic mass is 9.95. The molecule has 0 heterocycles. The molecule has 2 aromatic carbocycles. The molecule has 0 amide bonds. The van der Waals surface area contributed by atoms with E-state index in [0.717, 1.165) is 17.5 Å². The Morgan fingerprint density at radius 3 is 2.00 bits per heavy atom. The standard InChI is InChI=1S/C16H17F/c1-4-13-5-7-15(11(2)9-13)16-8-6-14(17)10-12(16)3/h5-10H,4H2,1-3H3. The van der Waals surface area contributed by atoms with Gasteiger partial charge in [0.25, 0.3) is 0 Å². The summed E-state index contributed by atoms with van der Waals surface area (Å²) in [5.41, 5.74) is 5.88. The van der Waals surface area contributed by atoms with Crippen LogP contribution in [-0.4, -0.2) is 0 Å². The highest BCUT2D eigenvalue weighted by Crippen LogP contribution is 2.27. The summed E-state index contributed by atoms with van der Waals surface area (Å²) >= 11 is 0. The van der Waals surface area contributed by atoms with Crippen molar-refractivity contribution in [2.45, 2.75) is 27.2 Å². The van der Waals surface area contributed by atoms with Gasteiger partial charge in [-0.25, -0.2) is 4.39 Å². The molecule has 0 nitrogen and oxygen atoms in total. The van der Waals surface area contributed by atoms with Crippen LogP contribution >= 0.6 is 0 Å². The molecule has 0 saturated carbocycles. The zero-order chi connectivity index (χ0) is 12.4. The molecule has 0 aliphatic carbocycles. The Hall–Kier alpha value is -1.63. The van der Waals surface area contributed by atoms with E-state index >= 15 is 0 Å². The Labute approximate surface area is 102 Å². The SMILES string of the molecule is CCc1ccc(-c2ccc(F)cc2C)c(C)c1. The second kappa shape index (κ2) is 4.70. The summed E-state index contributed by atoms with van der Waals surface area (Å²) in [6.07, 6.45) is 1.05. The Kier molecular flexibility index (Phi) is 3.28. The van der Waals surface area contributed by atoms with Gasteiger partial charge in [0.15, 0.2) is 0 Å². The van der Waals surface area contributed by atoms with Crippen molar-refractivity contribution in [3.63, 3.8) is 0 Å². The zero-order valence-corrected chi connectivity index (χ0v) is 10.5. The second-order valence-corrected chi connectivity index (χ2v) is 4.46. The van der Waals surface area contributed by atoms with E-state index in [2.05, 4.69) is 32.0 Å². The maximum atomic E-state index is 13.1. The maximum absolute atomic E-state index is 13.1. The normalized spacial score (nSPS) is 10.6. The molecule has 88 valence electrons. The van der Waals surface area contributed by atoms with Crippen LogP contribution in [0.1, 0.15) is 23.6 Å². The third-order valence-electron chi connectivity index (χ3n) is 3.18. The number of halogens is 1. The van der Waals surface area contributed by atoms with E-state index in [4.69, 9.17) is 0 Å². The number of benzene rings is 2. The van der Waals surface area contributed by atoms with Crippen LogP contribution in [0.15, 0.2) is 36.4 Å². The predicted octanol–water partition coefficient (Wildman–Crippen LogP) is 4.67. The molecule has 0 unspecified atom stereocenters. The monoisotopic (exact) mass is 228 g/mol. The van der Waals surface area contributed by atoms with Crippen LogP contribution in [0.25, 0.3) is 11.1 Å². The topological polar surface area (TPSA) is 0 Å². The molecule has 0 N–H and O–H groups in total. The van der Waals surface area contributed by atoms with Crippen molar-refractivity contribution in [1.82, 2.24) is 0 Å². The molecule has 2 rings (SSSR count). The highest BCUT2D eigenvalue weighted by molar-refractivity contribution is 5.70. The number of hydrogen-bond donors (Lipinski definition) is 0. The van der Waals surface area contributed by atoms with Gasteiger partial charge in [0.2, 0.25) is 0 Å². The molecule has 0 atom stereocenters. The summed E-state index contributed by atoms with van der Waals surface area (Å²) in [5.74, 6) is -0.172. The number of rotatable bonds is 2. The van der Waals surface area contributed by atoms with Crippen LogP contribution in [0.5, 0.6) is 0 Å². The first-order valence-electron chi connectivity index (χ1n) is 5.98. The lowest BCUT2D eigenvalue weighted by Crippen LogP contribution is -1.90. The minimum Gasteiger partial charge on any atom is -0.207 e. The van der Waals surface area contributed by atoms with Crippen molar-refractivity contribution < 1.29 is 4.39 Å². The van der Waals surface area contributed by atoms with Crippen LogP contribution < -0.4 is 0 Å². The van der Waals surface area contributed by atoms with Gasteiger partial charge in [0.05, 0.1) is 0 Å². The van der Waals surface area contributed by atoms with Crippen molar-refractivity contribution >= 4 is 0 Å². The highest BCUT2D eigenvalue weighted by Gasteiger charge is 2.06. The van der Waals surface area contributed by atoms with Gasteiger partial charge in [0, 0.05) is 0 Å². The van der Waals surface area contributed by atoms with E-state index in [9.17, 15) is 4.39 Å². The summed E-state index contributed by atoms with van der Waals surface area (Å²) in [6.45, 7) is 6.21. The molecule has 0 aliphatic rings. The van der Waals surface area contributed by atoms with Gasteiger partial charge in [-0.15, -0.1) is 0 Å². The quantitative estimate of drug-likeness (QED) is 0.700. The van der Waals surface area contributed by atoms with E-state index < -0.39 is 0 Å². The highest BCUT2D eigenvalue weighted by atomic mass is 19.1. The maximum Gasteiger partial charge on any atom is 0.123 e.